The highest BCUT2D eigenvalue weighted by atomic mass is 16.2. The average molecular weight is 654 g/mol. The van der Waals surface area contributed by atoms with Crippen LogP contribution in [0.4, 0.5) is 0 Å². The summed E-state index contributed by atoms with van der Waals surface area (Å²) in [5, 5.41) is 30.9. The van der Waals surface area contributed by atoms with E-state index in [-0.39, 0.29) is 50.6 Å². The first-order valence-corrected chi connectivity index (χ1v) is 15.4. The lowest BCUT2D eigenvalue weighted by Gasteiger charge is -2.25. The van der Waals surface area contributed by atoms with Gasteiger partial charge in [0.1, 0.15) is 30.2 Å². The molecule has 7 amide bonds. The van der Waals surface area contributed by atoms with Gasteiger partial charge in [0, 0.05) is 26.6 Å². The highest BCUT2D eigenvalue weighted by molar-refractivity contribution is 5.96. The normalized spacial score (nSPS) is 25.2. The molecule has 0 saturated carbocycles. The number of rotatable bonds is 8. The molecule has 46 heavy (non-hydrogen) atoms. The van der Waals surface area contributed by atoms with Crippen molar-refractivity contribution >= 4 is 47.3 Å². The van der Waals surface area contributed by atoms with Crippen LogP contribution in [-0.2, 0) is 33.6 Å². The molecular formula is C28H51N11O7. The predicted molar refractivity (Wildman–Crippen MR) is 169 cm³/mol. The maximum atomic E-state index is 13.3. The smallest absolute Gasteiger partial charge is 0.243 e. The fraction of sp³-hybridized carbons (Fsp3) is 0.714. The second kappa shape index (κ2) is 20.5. The fourth-order valence-electron chi connectivity index (χ4n) is 4.36. The zero-order chi connectivity index (χ0) is 34.8. The van der Waals surface area contributed by atoms with Crippen LogP contribution in [0.1, 0.15) is 65.7 Å². The first-order valence-electron chi connectivity index (χ1n) is 15.4. The lowest BCUT2D eigenvalue weighted by atomic mass is 10.1. The number of likely N-dealkylation sites (N-methyl/N-ethyl adjacent to an activating group) is 2. The van der Waals surface area contributed by atoms with Gasteiger partial charge in [-0.1, -0.05) is 0 Å². The van der Waals surface area contributed by atoms with E-state index in [1.54, 1.807) is 14.0 Å². The Morgan fingerprint density at radius 1 is 0.913 bits per heavy atom. The van der Waals surface area contributed by atoms with Crippen molar-refractivity contribution in [1.29, 1.82) is 5.41 Å². The van der Waals surface area contributed by atoms with Crippen LogP contribution < -0.4 is 53.6 Å². The second-order valence-electron chi connectivity index (χ2n) is 11.1. The summed E-state index contributed by atoms with van der Waals surface area (Å²) in [5.74, 6) is -4.23. The summed E-state index contributed by atoms with van der Waals surface area (Å²) in [6, 6.07) is -5.97. The summed E-state index contributed by atoms with van der Waals surface area (Å²) in [4.78, 5) is 90.0. The molecule has 0 aromatic heterocycles. The van der Waals surface area contributed by atoms with Gasteiger partial charge in [-0.3, -0.25) is 39.0 Å². The summed E-state index contributed by atoms with van der Waals surface area (Å²) >= 11 is 0. The molecule has 0 spiro atoms. The largest absolute Gasteiger partial charge is 0.370 e. The summed E-state index contributed by atoms with van der Waals surface area (Å²) in [6.45, 7) is 4.95. The molecule has 18 nitrogen and oxygen atoms in total. The maximum absolute atomic E-state index is 13.3. The van der Waals surface area contributed by atoms with E-state index in [0.717, 1.165) is 0 Å². The van der Waals surface area contributed by atoms with Crippen molar-refractivity contribution in [3.05, 3.63) is 0 Å². The Labute approximate surface area is 269 Å². The van der Waals surface area contributed by atoms with Crippen LogP contribution in [0.15, 0.2) is 0 Å². The Morgan fingerprint density at radius 2 is 1.54 bits per heavy atom. The van der Waals surface area contributed by atoms with E-state index in [4.69, 9.17) is 11.1 Å². The highest BCUT2D eigenvalue weighted by Crippen LogP contribution is 2.06. The molecule has 0 aromatic carbocycles. The molecule has 1 aliphatic rings. The van der Waals surface area contributed by atoms with Crippen molar-refractivity contribution in [3.8, 4) is 0 Å². The van der Waals surface area contributed by atoms with Crippen molar-refractivity contribution in [2.45, 2.75) is 102 Å². The van der Waals surface area contributed by atoms with Crippen molar-refractivity contribution in [2.24, 2.45) is 5.73 Å². The summed E-state index contributed by atoms with van der Waals surface area (Å²) in [6.07, 6.45) is 1.44. The third-order valence-electron chi connectivity index (χ3n) is 7.36. The SMILES string of the molecule is CNC(=O)[C@@H]1CCC(=O)NCCCC[C@H](NC(=O)[C@H](C)NC)C(=O)N[C@@H](C)C(=O)N[C@@H](C)C(=O)N[C@@H](CCCNC(=N)N)C(=O)N1. The Bertz CT molecular complexity index is 1100. The van der Waals surface area contributed by atoms with Crippen LogP contribution in [-0.4, -0.2) is 111 Å². The molecule has 0 aromatic rings. The van der Waals surface area contributed by atoms with E-state index < -0.39 is 71.7 Å². The molecule has 260 valence electrons. The Balaban J connectivity index is 3.23. The van der Waals surface area contributed by atoms with Crippen LogP contribution in [0.2, 0.25) is 0 Å². The number of nitrogens with two attached hydrogens (primary N) is 1. The quantitative estimate of drug-likeness (QED) is 0.0689. The lowest BCUT2D eigenvalue weighted by molar-refractivity contribution is -0.135. The molecule has 1 heterocycles. The maximum Gasteiger partial charge on any atom is 0.243 e. The first-order chi connectivity index (χ1) is 21.7. The number of hydrogen-bond donors (Lipinski definition) is 11. The molecule has 1 rings (SSSR count). The minimum atomic E-state index is -1.14. The molecule has 0 bridgehead atoms. The van der Waals surface area contributed by atoms with Gasteiger partial charge < -0.3 is 53.6 Å². The Kier molecular flexibility index (Phi) is 17.6. The summed E-state index contributed by atoms with van der Waals surface area (Å²) in [7, 11) is 2.99. The third kappa shape index (κ3) is 14.5. The number of carbonyl (C=O) groups excluding carboxylic acids is 7. The van der Waals surface area contributed by atoms with Crippen molar-refractivity contribution in [3.63, 3.8) is 0 Å². The van der Waals surface area contributed by atoms with Gasteiger partial charge in [-0.05, 0) is 66.3 Å². The Hall–Kier alpha value is -4.48. The number of hydrogen-bond acceptors (Lipinski definition) is 9. The van der Waals surface area contributed by atoms with Crippen LogP contribution in [0.25, 0.3) is 0 Å². The van der Waals surface area contributed by atoms with Crippen LogP contribution in [0.5, 0.6) is 0 Å². The predicted octanol–water partition coefficient (Wildman–Crippen LogP) is -3.85. The molecule has 1 aliphatic heterocycles. The molecule has 18 heteroatoms. The van der Waals surface area contributed by atoms with E-state index in [0.29, 0.717) is 19.3 Å². The lowest BCUT2D eigenvalue weighted by Crippen LogP contribution is -2.58. The van der Waals surface area contributed by atoms with Crippen molar-refractivity contribution < 1.29 is 33.6 Å². The van der Waals surface area contributed by atoms with Gasteiger partial charge in [-0.2, -0.15) is 0 Å². The van der Waals surface area contributed by atoms with E-state index in [1.165, 1.54) is 20.9 Å². The topological polar surface area (TPSA) is 278 Å². The van der Waals surface area contributed by atoms with E-state index in [1.807, 2.05) is 0 Å². The highest BCUT2D eigenvalue weighted by Gasteiger charge is 2.30. The zero-order valence-electron chi connectivity index (χ0n) is 27.3. The van der Waals surface area contributed by atoms with Gasteiger partial charge in [0.15, 0.2) is 5.96 Å². The number of nitrogens with one attached hydrogen (secondary N) is 10. The van der Waals surface area contributed by atoms with Crippen molar-refractivity contribution in [2.75, 3.05) is 27.2 Å². The molecule has 0 unspecified atom stereocenters. The molecule has 1 saturated heterocycles. The second-order valence-corrected chi connectivity index (χ2v) is 11.1. The van der Waals surface area contributed by atoms with Crippen LogP contribution in [0.3, 0.4) is 0 Å². The standard InChI is InChI=1S/C28H51N11O7/c1-15(31-4)22(41)37-18-9-6-7-13-33-21(40)12-11-20(25(44)32-5)39-27(46)19(10-8-14-34-28(29)30)38-24(43)17(3)35-23(42)16(2)36-26(18)45/h15-20,31H,6-14H2,1-5H3,(H,32,44)(H,33,40)(H,35,42)(H,36,45)(H,37,41)(H,38,43)(H,39,46)(H4,29,30,34)/t15-,16-,17-,18-,19-,20-/m0/s1. The number of guanidine groups is 1. The summed E-state index contributed by atoms with van der Waals surface area (Å²) in [5.41, 5.74) is 5.31. The molecule has 1 fully saturated rings. The van der Waals surface area contributed by atoms with Gasteiger partial charge in [0.25, 0.3) is 0 Å². The van der Waals surface area contributed by atoms with Crippen LogP contribution >= 0.6 is 0 Å². The number of amides is 7. The Morgan fingerprint density at radius 3 is 2.15 bits per heavy atom. The fourth-order valence-corrected chi connectivity index (χ4v) is 4.36. The van der Waals surface area contributed by atoms with Gasteiger partial charge in [-0.15, -0.1) is 0 Å². The monoisotopic (exact) mass is 653 g/mol. The van der Waals surface area contributed by atoms with E-state index >= 15 is 0 Å². The molecule has 0 aliphatic carbocycles. The minimum absolute atomic E-state index is 0.0217. The first kappa shape index (κ1) is 39.5. The molecule has 12 N–H and O–H groups in total. The van der Waals surface area contributed by atoms with E-state index in [2.05, 4.69) is 47.9 Å². The van der Waals surface area contributed by atoms with Crippen LogP contribution in [0, 0.1) is 5.41 Å². The summed E-state index contributed by atoms with van der Waals surface area (Å²) < 4.78 is 0. The molecule has 6 atom stereocenters. The van der Waals surface area contributed by atoms with Gasteiger partial charge in [0.2, 0.25) is 41.4 Å². The number of carbonyl (C=O) groups is 7. The average Bonchev–Trinajstić information content (AvgIpc) is 3.01. The van der Waals surface area contributed by atoms with E-state index in [9.17, 15) is 33.6 Å². The minimum Gasteiger partial charge on any atom is -0.370 e. The van der Waals surface area contributed by atoms with Crippen molar-refractivity contribution in [1.82, 2.24) is 47.9 Å². The van der Waals surface area contributed by atoms with Gasteiger partial charge in [-0.25, -0.2) is 0 Å². The van der Waals surface area contributed by atoms with Gasteiger partial charge in [0.05, 0.1) is 6.04 Å². The third-order valence-corrected chi connectivity index (χ3v) is 7.36. The zero-order valence-corrected chi connectivity index (χ0v) is 27.3. The molecule has 0 radical (unpaired) electrons. The van der Waals surface area contributed by atoms with Gasteiger partial charge >= 0.3 is 0 Å². The molecular weight excluding hydrogens is 602 g/mol.